The van der Waals surface area contributed by atoms with Gasteiger partial charge in [0, 0.05) is 64.6 Å². The second-order valence-corrected chi connectivity index (χ2v) is 9.90. The van der Waals surface area contributed by atoms with Gasteiger partial charge in [-0.2, -0.15) is 23.0 Å². The Kier molecular flexibility index (Phi) is 6.78. The number of hydrogen-bond acceptors (Lipinski definition) is 6. The van der Waals surface area contributed by atoms with Crippen LogP contribution >= 0.6 is 0 Å². The first-order valence-corrected chi connectivity index (χ1v) is 12.3. The minimum atomic E-state index is -4.39. The average molecular weight is 506 g/mol. The third kappa shape index (κ3) is 5.27. The van der Waals surface area contributed by atoms with Crippen LogP contribution in [-0.4, -0.2) is 90.4 Å². The van der Waals surface area contributed by atoms with Crippen molar-refractivity contribution in [2.45, 2.75) is 19.5 Å². The number of halogens is 3. The van der Waals surface area contributed by atoms with Crippen molar-refractivity contribution in [1.82, 2.24) is 19.6 Å². The van der Waals surface area contributed by atoms with Crippen molar-refractivity contribution in [1.29, 1.82) is 0 Å². The largest absolute Gasteiger partial charge is 0.416 e. The van der Waals surface area contributed by atoms with E-state index >= 15 is 0 Å². The van der Waals surface area contributed by atoms with E-state index in [2.05, 4.69) is 10.00 Å². The molecular formula is C25H30F3N5O3. The van der Waals surface area contributed by atoms with Crippen LogP contribution in [0.5, 0.6) is 0 Å². The van der Waals surface area contributed by atoms with Crippen molar-refractivity contribution in [3.8, 4) is 0 Å². The maximum absolute atomic E-state index is 13.6. The van der Waals surface area contributed by atoms with Gasteiger partial charge in [0.05, 0.1) is 18.8 Å². The standard InChI is InChI=1S/C25H30F3N5O3/c1-17(34)23-3-5-33(29-23)24(35)32-15-19-13-30(14-20(19)16-32)4-2-18-10-21(25(26,27)28)12-22(11-18)31-6-8-36-9-7-31/h3,5,10-12,19-20H,2,4,6-9,13-16H2,1H3. The molecule has 194 valence electrons. The lowest BCUT2D eigenvalue weighted by Crippen LogP contribution is -2.37. The SMILES string of the molecule is CC(=O)c1ccn(C(=O)N2CC3CN(CCc4cc(N5CCOCC5)cc(C(F)(F)F)c4)CC3C2)n1. The van der Waals surface area contributed by atoms with Crippen LogP contribution in [0.1, 0.15) is 28.5 Å². The Morgan fingerprint density at radius 3 is 2.36 bits per heavy atom. The van der Waals surface area contributed by atoms with Gasteiger partial charge in [-0.05, 0) is 48.1 Å². The summed E-state index contributed by atoms with van der Waals surface area (Å²) in [6, 6.07) is 5.68. The van der Waals surface area contributed by atoms with Crippen molar-refractivity contribution >= 4 is 17.5 Å². The number of benzene rings is 1. The second kappa shape index (κ2) is 9.85. The summed E-state index contributed by atoms with van der Waals surface area (Å²) in [7, 11) is 0. The van der Waals surface area contributed by atoms with Gasteiger partial charge in [-0.1, -0.05) is 0 Å². The highest BCUT2D eigenvalue weighted by atomic mass is 19.4. The first kappa shape index (κ1) is 24.8. The number of aromatic nitrogens is 2. The highest BCUT2D eigenvalue weighted by Gasteiger charge is 2.42. The van der Waals surface area contributed by atoms with E-state index in [1.807, 2.05) is 11.0 Å². The summed E-state index contributed by atoms with van der Waals surface area (Å²) < 4.78 is 47.3. The zero-order chi connectivity index (χ0) is 25.4. The van der Waals surface area contributed by atoms with Crippen molar-refractivity contribution in [2.24, 2.45) is 11.8 Å². The van der Waals surface area contributed by atoms with Gasteiger partial charge < -0.3 is 19.4 Å². The highest BCUT2D eigenvalue weighted by molar-refractivity contribution is 5.92. The van der Waals surface area contributed by atoms with Crippen LogP contribution in [0.2, 0.25) is 0 Å². The minimum absolute atomic E-state index is 0.187. The van der Waals surface area contributed by atoms with Crippen LogP contribution in [0, 0.1) is 11.8 Å². The molecule has 0 N–H and O–H groups in total. The Balaban J connectivity index is 1.18. The fourth-order valence-corrected chi connectivity index (χ4v) is 5.47. The molecule has 0 aliphatic carbocycles. The topological polar surface area (TPSA) is 70.9 Å². The number of nitrogens with zero attached hydrogens (tertiary/aromatic N) is 5. The molecule has 3 fully saturated rings. The number of anilines is 1. The molecule has 1 aromatic heterocycles. The van der Waals surface area contributed by atoms with Gasteiger partial charge in [-0.15, -0.1) is 0 Å². The van der Waals surface area contributed by atoms with E-state index in [4.69, 9.17) is 4.74 Å². The number of alkyl halides is 3. The van der Waals surface area contributed by atoms with Crippen molar-refractivity contribution in [2.75, 3.05) is 63.9 Å². The van der Waals surface area contributed by atoms with E-state index in [0.717, 1.165) is 13.1 Å². The Morgan fingerprint density at radius 1 is 1.06 bits per heavy atom. The van der Waals surface area contributed by atoms with Crippen LogP contribution < -0.4 is 4.90 Å². The Bertz CT molecular complexity index is 1110. The van der Waals surface area contributed by atoms with Crippen molar-refractivity contribution < 1.29 is 27.5 Å². The molecule has 0 saturated carbocycles. The highest BCUT2D eigenvalue weighted by Crippen LogP contribution is 2.34. The lowest BCUT2D eigenvalue weighted by molar-refractivity contribution is -0.137. The van der Waals surface area contributed by atoms with Gasteiger partial charge in [0.1, 0.15) is 5.69 Å². The number of fused-ring (bicyclic) bond motifs is 1. The second-order valence-electron chi connectivity index (χ2n) is 9.90. The predicted octanol–water partition coefficient (Wildman–Crippen LogP) is 3.02. The molecule has 3 aliphatic heterocycles. The lowest BCUT2D eigenvalue weighted by Gasteiger charge is -2.30. The average Bonchev–Trinajstić information content (AvgIpc) is 3.57. The number of morpholine rings is 1. The van der Waals surface area contributed by atoms with Gasteiger partial charge in [0.15, 0.2) is 5.78 Å². The third-order valence-electron chi connectivity index (χ3n) is 7.38. The predicted molar refractivity (Wildman–Crippen MR) is 126 cm³/mol. The monoisotopic (exact) mass is 505 g/mol. The molecule has 8 nitrogen and oxygen atoms in total. The number of hydrogen-bond donors (Lipinski definition) is 0. The van der Waals surface area contributed by atoms with Crippen LogP contribution in [0.25, 0.3) is 0 Å². The van der Waals surface area contributed by atoms with E-state index in [1.54, 1.807) is 4.90 Å². The number of amides is 1. The fraction of sp³-hybridized carbons (Fsp3) is 0.560. The molecule has 3 aliphatic rings. The quantitative estimate of drug-likeness (QED) is 0.582. The molecule has 2 aromatic rings. The van der Waals surface area contributed by atoms with Crippen LogP contribution in [0.15, 0.2) is 30.5 Å². The van der Waals surface area contributed by atoms with Crippen LogP contribution in [-0.2, 0) is 17.3 Å². The van der Waals surface area contributed by atoms with Crippen molar-refractivity contribution in [3.05, 3.63) is 47.3 Å². The molecule has 11 heteroatoms. The summed E-state index contributed by atoms with van der Waals surface area (Å²) in [6.45, 7) is 7.11. The third-order valence-corrected chi connectivity index (χ3v) is 7.38. The molecule has 3 saturated heterocycles. The summed E-state index contributed by atoms with van der Waals surface area (Å²) in [5.74, 6) is 0.456. The number of ketones is 1. The number of Topliss-reactive ketones (excluding diaryl/α,β-unsaturated/α-hetero) is 1. The number of rotatable bonds is 5. The maximum Gasteiger partial charge on any atom is 0.416 e. The molecule has 2 atom stereocenters. The Labute approximate surface area is 207 Å². The molecular weight excluding hydrogens is 475 g/mol. The Hall–Kier alpha value is -2.92. The molecule has 4 heterocycles. The summed E-state index contributed by atoms with van der Waals surface area (Å²) in [6.07, 6.45) is -2.35. The molecule has 0 bridgehead atoms. The number of carbonyl (C=O) groups excluding carboxylic acids is 2. The van der Waals surface area contributed by atoms with Gasteiger partial charge in [-0.3, -0.25) is 4.79 Å². The molecule has 0 spiro atoms. The first-order valence-electron chi connectivity index (χ1n) is 12.3. The molecule has 36 heavy (non-hydrogen) atoms. The minimum Gasteiger partial charge on any atom is -0.378 e. The molecule has 0 radical (unpaired) electrons. The van der Waals surface area contributed by atoms with E-state index in [0.29, 0.717) is 75.4 Å². The van der Waals surface area contributed by atoms with E-state index in [1.165, 1.54) is 36.0 Å². The first-order chi connectivity index (χ1) is 17.2. The summed E-state index contributed by atoms with van der Waals surface area (Å²) in [5, 5.41) is 4.07. The zero-order valence-corrected chi connectivity index (χ0v) is 20.2. The normalized spacial score (nSPS) is 22.8. The fourth-order valence-electron chi connectivity index (χ4n) is 5.47. The summed E-state index contributed by atoms with van der Waals surface area (Å²) in [5.41, 5.74) is 0.933. The van der Waals surface area contributed by atoms with Gasteiger partial charge >= 0.3 is 12.2 Å². The molecule has 2 unspecified atom stereocenters. The van der Waals surface area contributed by atoms with Gasteiger partial charge in [-0.25, -0.2) is 4.79 Å². The van der Waals surface area contributed by atoms with E-state index < -0.39 is 11.7 Å². The number of ether oxygens (including phenoxy) is 1. The molecule has 1 aromatic carbocycles. The lowest BCUT2D eigenvalue weighted by atomic mass is 10.0. The van der Waals surface area contributed by atoms with Crippen LogP contribution in [0.3, 0.4) is 0 Å². The van der Waals surface area contributed by atoms with E-state index in [9.17, 15) is 22.8 Å². The van der Waals surface area contributed by atoms with Crippen LogP contribution in [0.4, 0.5) is 23.7 Å². The van der Waals surface area contributed by atoms with Crippen molar-refractivity contribution in [3.63, 3.8) is 0 Å². The van der Waals surface area contributed by atoms with E-state index in [-0.39, 0.29) is 17.5 Å². The van der Waals surface area contributed by atoms with Gasteiger partial charge in [0.2, 0.25) is 0 Å². The zero-order valence-electron chi connectivity index (χ0n) is 20.2. The summed E-state index contributed by atoms with van der Waals surface area (Å²) >= 11 is 0. The Morgan fingerprint density at radius 2 is 1.75 bits per heavy atom. The molecule has 1 amide bonds. The molecule has 5 rings (SSSR count). The number of likely N-dealkylation sites (tertiary alicyclic amines) is 2. The van der Waals surface area contributed by atoms with Gasteiger partial charge in [0.25, 0.3) is 0 Å². The summed E-state index contributed by atoms with van der Waals surface area (Å²) in [4.78, 5) is 30.2. The maximum atomic E-state index is 13.6. The smallest absolute Gasteiger partial charge is 0.378 e. The number of carbonyl (C=O) groups is 2.